The van der Waals surface area contributed by atoms with Gasteiger partial charge in [-0.05, 0) is 73.2 Å². The molecule has 30 heavy (non-hydrogen) atoms. The van der Waals surface area contributed by atoms with Gasteiger partial charge in [0.15, 0.2) is 5.78 Å². The first-order chi connectivity index (χ1) is 14.5. The lowest BCUT2D eigenvalue weighted by atomic mass is 9.88. The average Bonchev–Trinajstić information content (AvgIpc) is 3.02. The second-order valence-electron chi connectivity index (χ2n) is 7.73. The molecule has 0 aromatic heterocycles. The Balaban J connectivity index is 1.89. The van der Waals surface area contributed by atoms with Crippen LogP contribution >= 0.6 is 15.9 Å². The normalized spacial score (nSPS) is 17.1. The molecule has 0 amide bonds. The number of carbonyl (C=O) groups excluding carboxylic acids is 1. The SMILES string of the molecule is CC(=O)C1=C2C(C(C)=Nc3cc4ccccc4cc3C)=CC=CCC2=C(Br)CC=C1. The molecule has 2 nitrogen and oxygen atoms in total. The molecule has 0 fully saturated rings. The molecule has 3 heteroatoms. The van der Waals surface area contributed by atoms with Crippen LogP contribution in [0.15, 0.2) is 98.5 Å². The molecular formula is C27H24BrNO. The summed E-state index contributed by atoms with van der Waals surface area (Å²) >= 11 is 3.76. The van der Waals surface area contributed by atoms with Crippen LogP contribution in [0.5, 0.6) is 0 Å². The highest BCUT2D eigenvalue weighted by atomic mass is 79.9. The van der Waals surface area contributed by atoms with Gasteiger partial charge in [-0.25, -0.2) is 0 Å². The molecule has 0 atom stereocenters. The van der Waals surface area contributed by atoms with Crippen LogP contribution in [-0.2, 0) is 4.79 Å². The van der Waals surface area contributed by atoms with Crippen LogP contribution in [0.3, 0.4) is 0 Å². The summed E-state index contributed by atoms with van der Waals surface area (Å²) in [6.07, 6.45) is 11.9. The van der Waals surface area contributed by atoms with E-state index in [1.807, 2.05) is 19.1 Å². The van der Waals surface area contributed by atoms with E-state index in [-0.39, 0.29) is 5.78 Å². The smallest absolute Gasteiger partial charge is 0.160 e. The highest BCUT2D eigenvalue weighted by Crippen LogP contribution is 2.38. The Morgan fingerprint density at radius 2 is 1.77 bits per heavy atom. The molecule has 4 rings (SSSR count). The van der Waals surface area contributed by atoms with Crippen molar-refractivity contribution < 1.29 is 4.79 Å². The Hall–Kier alpha value is -2.78. The molecule has 0 radical (unpaired) electrons. The number of halogens is 1. The fourth-order valence-corrected chi connectivity index (χ4v) is 4.58. The van der Waals surface area contributed by atoms with Crippen molar-refractivity contribution in [1.29, 1.82) is 0 Å². The topological polar surface area (TPSA) is 29.4 Å². The minimum atomic E-state index is 0.0726. The summed E-state index contributed by atoms with van der Waals surface area (Å²) in [7, 11) is 0. The van der Waals surface area contributed by atoms with Crippen molar-refractivity contribution in [3.05, 3.63) is 99.1 Å². The van der Waals surface area contributed by atoms with Crippen LogP contribution in [0, 0.1) is 6.92 Å². The van der Waals surface area contributed by atoms with E-state index in [9.17, 15) is 4.79 Å². The van der Waals surface area contributed by atoms with E-state index in [0.717, 1.165) is 56.6 Å². The Bertz CT molecular complexity index is 1230. The van der Waals surface area contributed by atoms with E-state index >= 15 is 0 Å². The van der Waals surface area contributed by atoms with Gasteiger partial charge in [-0.1, -0.05) is 70.6 Å². The number of nitrogens with zero attached hydrogens (tertiary/aromatic N) is 1. The summed E-state index contributed by atoms with van der Waals surface area (Å²) in [5, 5.41) is 2.39. The second-order valence-corrected chi connectivity index (χ2v) is 8.69. The molecule has 0 unspecified atom stereocenters. The molecule has 2 aliphatic rings. The third-order valence-electron chi connectivity index (χ3n) is 5.59. The van der Waals surface area contributed by atoms with Crippen molar-refractivity contribution >= 4 is 43.9 Å². The quantitative estimate of drug-likeness (QED) is 0.435. The monoisotopic (exact) mass is 457 g/mol. The molecule has 2 aliphatic carbocycles. The number of carbonyl (C=O) groups is 1. The zero-order chi connectivity index (χ0) is 21.3. The summed E-state index contributed by atoms with van der Waals surface area (Å²) in [5.41, 5.74) is 6.90. The standard InChI is InChI=1S/C27H24BrNO/c1-17-15-20-9-4-5-10-21(20)16-26(17)29-18(2)22-11-6-7-12-24-25(28)14-8-13-23(19(3)30)27(22)24/h4-11,13,15-16H,12,14H2,1-3H3. The predicted octanol–water partition coefficient (Wildman–Crippen LogP) is 7.62. The number of aryl methyl sites for hydroxylation is 1. The van der Waals surface area contributed by atoms with Gasteiger partial charge in [0, 0.05) is 21.3 Å². The first kappa shape index (κ1) is 20.5. The van der Waals surface area contributed by atoms with Crippen molar-refractivity contribution in [1.82, 2.24) is 0 Å². The Kier molecular flexibility index (Phi) is 5.83. The third kappa shape index (κ3) is 3.95. The summed E-state index contributed by atoms with van der Waals surface area (Å²) in [4.78, 5) is 17.5. The zero-order valence-corrected chi connectivity index (χ0v) is 19.1. The van der Waals surface area contributed by atoms with Crippen molar-refractivity contribution in [3.63, 3.8) is 0 Å². The van der Waals surface area contributed by atoms with E-state index in [1.54, 1.807) is 6.92 Å². The summed E-state index contributed by atoms with van der Waals surface area (Å²) in [5.74, 6) is 0.0726. The Morgan fingerprint density at radius 3 is 2.50 bits per heavy atom. The molecule has 2 aromatic rings. The number of benzene rings is 2. The zero-order valence-electron chi connectivity index (χ0n) is 17.5. The van der Waals surface area contributed by atoms with Gasteiger partial charge in [-0.15, -0.1) is 0 Å². The minimum Gasteiger partial charge on any atom is -0.294 e. The highest BCUT2D eigenvalue weighted by Gasteiger charge is 2.23. The second kappa shape index (κ2) is 8.53. The number of hydrogen-bond donors (Lipinski definition) is 0. The van der Waals surface area contributed by atoms with Gasteiger partial charge in [0.25, 0.3) is 0 Å². The molecule has 0 bridgehead atoms. The summed E-state index contributed by atoms with van der Waals surface area (Å²) in [6, 6.07) is 12.7. The number of aliphatic imine (C=N–C) groups is 1. The number of Topliss-reactive ketones (excluding diaryl/α,β-unsaturated/α-hetero) is 1. The van der Waals surface area contributed by atoms with Crippen molar-refractivity contribution in [3.8, 4) is 0 Å². The molecular weight excluding hydrogens is 434 g/mol. The minimum absolute atomic E-state index is 0.0726. The number of rotatable bonds is 3. The van der Waals surface area contributed by atoms with Crippen LogP contribution in [-0.4, -0.2) is 11.5 Å². The van der Waals surface area contributed by atoms with Gasteiger partial charge in [-0.3, -0.25) is 9.79 Å². The van der Waals surface area contributed by atoms with Gasteiger partial charge in [-0.2, -0.15) is 0 Å². The predicted molar refractivity (Wildman–Crippen MR) is 131 cm³/mol. The van der Waals surface area contributed by atoms with Crippen LogP contribution < -0.4 is 0 Å². The molecule has 2 aromatic carbocycles. The largest absolute Gasteiger partial charge is 0.294 e. The molecule has 150 valence electrons. The van der Waals surface area contributed by atoms with Crippen LogP contribution in [0.1, 0.15) is 32.3 Å². The van der Waals surface area contributed by atoms with Crippen LogP contribution in [0.4, 0.5) is 5.69 Å². The maximum Gasteiger partial charge on any atom is 0.160 e. The van der Waals surface area contributed by atoms with E-state index < -0.39 is 0 Å². The van der Waals surface area contributed by atoms with Crippen molar-refractivity contribution in [2.75, 3.05) is 0 Å². The molecule has 0 N–H and O–H groups in total. The van der Waals surface area contributed by atoms with E-state index in [0.29, 0.717) is 0 Å². The number of fused-ring (bicyclic) bond motifs is 2. The lowest BCUT2D eigenvalue weighted by Crippen LogP contribution is -2.09. The molecule has 0 spiro atoms. The van der Waals surface area contributed by atoms with E-state index in [1.165, 1.54) is 10.8 Å². The highest BCUT2D eigenvalue weighted by molar-refractivity contribution is 9.11. The fourth-order valence-electron chi connectivity index (χ4n) is 4.04. The average molecular weight is 458 g/mol. The lowest BCUT2D eigenvalue weighted by molar-refractivity contribution is -0.113. The van der Waals surface area contributed by atoms with Crippen molar-refractivity contribution in [2.24, 2.45) is 4.99 Å². The number of allylic oxidation sites excluding steroid dienone is 10. The first-order valence-electron chi connectivity index (χ1n) is 10.2. The van der Waals surface area contributed by atoms with Gasteiger partial charge in [0.2, 0.25) is 0 Å². The molecule has 0 aliphatic heterocycles. The van der Waals surface area contributed by atoms with Gasteiger partial charge >= 0.3 is 0 Å². The summed E-state index contributed by atoms with van der Waals surface area (Å²) in [6.45, 7) is 5.76. The lowest BCUT2D eigenvalue weighted by Gasteiger charge is -2.17. The maximum absolute atomic E-state index is 12.5. The van der Waals surface area contributed by atoms with Gasteiger partial charge in [0.05, 0.1) is 5.69 Å². The molecule has 0 saturated heterocycles. The number of ketones is 1. The third-order valence-corrected chi connectivity index (χ3v) is 6.39. The van der Waals surface area contributed by atoms with Gasteiger partial charge in [0.1, 0.15) is 0 Å². The van der Waals surface area contributed by atoms with Crippen molar-refractivity contribution in [2.45, 2.75) is 33.6 Å². The Morgan fingerprint density at radius 1 is 1.03 bits per heavy atom. The van der Waals surface area contributed by atoms with Crippen LogP contribution in [0.2, 0.25) is 0 Å². The number of hydrogen-bond acceptors (Lipinski definition) is 2. The van der Waals surface area contributed by atoms with Crippen LogP contribution in [0.25, 0.3) is 10.8 Å². The Labute approximate surface area is 186 Å². The maximum atomic E-state index is 12.5. The first-order valence-corrected chi connectivity index (χ1v) is 11.0. The fraction of sp³-hybridized carbons (Fsp3) is 0.185. The van der Waals surface area contributed by atoms with E-state index in [4.69, 9.17) is 4.99 Å². The van der Waals surface area contributed by atoms with Gasteiger partial charge < -0.3 is 0 Å². The molecule has 0 heterocycles. The molecule has 0 saturated carbocycles. The summed E-state index contributed by atoms with van der Waals surface area (Å²) < 4.78 is 1.12. The van der Waals surface area contributed by atoms with E-state index in [2.05, 4.69) is 77.5 Å².